The van der Waals surface area contributed by atoms with Crippen LogP contribution in [0.1, 0.15) is 27.8 Å². The summed E-state index contributed by atoms with van der Waals surface area (Å²) in [5, 5.41) is 7.80. The maximum atomic E-state index is 2.44. The lowest BCUT2D eigenvalue weighted by molar-refractivity contribution is 1.19. The minimum atomic E-state index is 0.988. The third-order valence-corrected chi connectivity index (χ3v) is 9.82. The van der Waals surface area contributed by atoms with Crippen molar-refractivity contribution in [1.82, 2.24) is 4.57 Å². The second-order valence-electron chi connectivity index (χ2n) is 12.2. The Labute approximate surface area is 250 Å². The van der Waals surface area contributed by atoms with E-state index in [0.717, 1.165) is 12.8 Å². The number of hydrogen-bond donors (Lipinski definition) is 0. The van der Waals surface area contributed by atoms with Crippen molar-refractivity contribution < 1.29 is 0 Å². The minimum absolute atomic E-state index is 0.988. The highest BCUT2D eigenvalue weighted by atomic mass is 15.0. The number of para-hydroxylation sites is 1. The molecule has 2 aliphatic rings. The molecule has 0 saturated heterocycles. The lowest BCUT2D eigenvalue weighted by Crippen LogP contribution is -1.94. The number of benzene rings is 7. The largest absolute Gasteiger partial charge is 0.309 e. The number of allylic oxidation sites excluding steroid dienone is 1. The fraction of sp³-hybridized carbons (Fsp3) is 0.0476. The van der Waals surface area contributed by atoms with Crippen LogP contribution in [0.15, 0.2) is 133 Å². The van der Waals surface area contributed by atoms with E-state index in [-0.39, 0.29) is 0 Å². The van der Waals surface area contributed by atoms with Gasteiger partial charge >= 0.3 is 0 Å². The first-order chi connectivity index (χ1) is 21.3. The van der Waals surface area contributed by atoms with Crippen molar-refractivity contribution in [3.8, 4) is 16.8 Å². The van der Waals surface area contributed by atoms with Crippen LogP contribution < -0.4 is 0 Å². The number of hydrogen-bond acceptors (Lipinski definition) is 0. The first-order valence-electron chi connectivity index (χ1n) is 15.2. The molecule has 43 heavy (non-hydrogen) atoms. The minimum Gasteiger partial charge on any atom is -0.309 e. The van der Waals surface area contributed by atoms with E-state index < -0.39 is 0 Å². The fourth-order valence-corrected chi connectivity index (χ4v) is 7.73. The lowest BCUT2D eigenvalue weighted by Gasteiger charge is -2.12. The molecule has 2 aliphatic carbocycles. The van der Waals surface area contributed by atoms with Crippen molar-refractivity contribution in [2.45, 2.75) is 12.8 Å². The predicted molar refractivity (Wildman–Crippen MR) is 182 cm³/mol. The van der Waals surface area contributed by atoms with Crippen LogP contribution in [-0.2, 0) is 12.8 Å². The van der Waals surface area contributed by atoms with Gasteiger partial charge in [0, 0.05) is 16.5 Å². The van der Waals surface area contributed by atoms with Crippen LogP contribution in [0.25, 0.3) is 71.8 Å². The van der Waals surface area contributed by atoms with Crippen molar-refractivity contribution in [2.24, 2.45) is 0 Å². The van der Waals surface area contributed by atoms with Crippen LogP contribution in [0.5, 0.6) is 0 Å². The number of rotatable bonds is 2. The molecule has 200 valence electrons. The van der Waals surface area contributed by atoms with Gasteiger partial charge in [0.25, 0.3) is 0 Å². The van der Waals surface area contributed by atoms with E-state index in [4.69, 9.17) is 0 Å². The van der Waals surface area contributed by atoms with E-state index in [1.165, 1.54) is 93.6 Å². The van der Waals surface area contributed by atoms with E-state index >= 15 is 0 Å². The van der Waals surface area contributed by atoms with Crippen molar-refractivity contribution in [3.63, 3.8) is 0 Å². The number of nitrogens with zero attached hydrogens (tertiary/aromatic N) is 1. The molecule has 1 heterocycles. The number of fused-ring (bicyclic) bond motifs is 10. The molecule has 1 nitrogen and oxygen atoms in total. The summed E-state index contributed by atoms with van der Waals surface area (Å²) in [6.45, 7) is 0. The first-order valence-corrected chi connectivity index (χ1v) is 15.2. The predicted octanol–water partition coefficient (Wildman–Crippen LogP) is 10.8. The van der Waals surface area contributed by atoms with E-state index in [0.29, 0.717) is 0 Å². The monoisotopic (exact) mass is 545 g/mol. The normalized spacial score (nSPS) is 13.5. The smallest absolute Gasteiger partial charge is 0.0547 e. The van der Waals surface area contributed by atoms with Gasteiger partial charge in [0.2, 0.25) is 0 Å². The van der Waals surface area contributed by atoms with E-state index in [1.54, 1.807) is 0 Å². The molecule has 8 aromatic rings. The van der Waals surface area contributed by atoms with E-state index in [9.17, 15) is 0 Å². The third-order valence-electron chi connectivity index (χ3n) is 9.82. The Morgan fingerprint density at radius 2 is 1.30 bits per heavy atom. The summed E-state index contributed by atoms with van der Waals surface area (Å²) in [6, 6.07) is 49.8. The van der Waals surface area contributed by atoms with Crippen LogP contribution in [-0.4, -0.2) is 4.57 Å². The van der Waals surface area contributed by atoms with Gasteiger partial charge in [0.1, 0.15) is 0 Å². The Morgan fingerprint density at radius 1 is 0.465 bits per heavy atom. The van der Waals surface area contributed by atoms with Gasteiger partial charge in [0.15, 0.2) is 0 Å². The van der Waals surface area contributed by atoms with E-state index in [2.05, 4.69) is 144 Å². The quantitative estimate of drug-likeness (QED) is 0.204. The second-order valence-corrected chi connectivity index (χ2v) is 12.2. The summed E-state index contributed by atoms with van der Waals surface area (Å²) in [6.07, 6.45) is 4.37. The van der Waals surface area contributed by atoms with Crippen molar-refractivity contribution in [2.75, 3.05) is 0 Å². The maximum Gasteiger partial charge on any atom is 0.0547 e. The third kappa shape index (κ3) is 3.34. The summed E-state index contributed by atoms with van der Waals surface area (Å²) in [5.41, 5.74) is 14.9. The molecule has 0 radical (unpaired) electrons. The van der Waals surface area contributed by atoms with Gasteiger partial charge in [-0.2, -0.15) is 0 Å². The van der Waals surface area contributed by atoms with Crippen molar-refractivity contribution in [3.05, 3.63) is 161 Å². The van der Waals surface area contributed by atoms with Gasteiger partial charge in [0.05, 0.1) is 11.0 Å². The fourth-order valence-electron chi connectivity index (χ4n) is 7.73. The molecule has 0 atom stereocenters. The van der Waals surface area contributed by atoms with Crippen LogP contribution in [0, 0.1) is 0 Å². The molecule has 1 heteroatoms. The highest BCUT2D eigenvalue weighted by molar-refractivity contribution is 6.14. The van der Waals surface area contributed by atoms with Gasteiger partial charge in [-0.25, -0.2) is 0 Å². The highest BCUT2D eigenvalue weighted by Gasteiger charge is 2.23. The topological polar surface area (TPSA) is 4.93 Å². The summed E-state index contributed by atoms with van der Waals surface area (Å²) < 4.78 is 2.44. The average molecular weight is 546 g/mol. The molecule has 0 N–H and O–H groups in total. The first kappa shape index (κ1) is 23.2. The van der Waals surface area contributed by atoms with Gasteiger partial charge in [-0.15, -0.1) is 0 Å². The standard InChI is InChI=1S/C42H27N/c1-2-8-27-20-33(19-26(27)7-1)30-13-14-32-24-39-35-18-16-34(21-31(35)15-17-36(39)38(32)22-30)43-41-12-6-5-11-37(41)40-23-28-9-3-4-10-29(28)25-42(40)43/h1-19,21-23,25H,20,24H2. The molecule has 0 unspecified atom stereocenters. The molecule has 1 aromatic heterocycles. The molecule has 0 bridgehead atoms. The summed E-state index contributed by atoms with van der Waals surface area (Å²) in [5.74, 6) is 0. The SMILES string of the molecule is C1=C(c2ccc3c(c2)-c2ccc4cc(-n5c6ccccc6c6cc7ccccc7cc65)ccc4c2C3)Cc2ccccc21. The highest BCUT2D eigenvalue weighted by Crippen LogP contribution is 2.43. The summed E-state index contributed by atoms with van der Waals surface area (Å²) in [4.78, 5) is 0. The number of aromatic nitrogens is 1. The van der Waals surface area contributed by atoms with Crippen LogP contribution in [0.4, 0.5) is 0 Å². The Bertz CT molecular complexity index is 2500. The maximum absolute atomic E-state index is 2.44. The molecular formula is C42H27N. The molecule has 0 spiro atoms. The Balaban J connectivity index is 1.10. The van der Waals surface area contributed by atoms with Crippen molar-refractivity contribution >= 4 is 55.0 Å². The van der Waals surface area contributed by atoms with Gasteiger partial charge in [-0.05, 0) is 115 Å². The van der Waals surface area contributed by atoms with Crippen LogP contribution in [0.2, 0.25) is 0 Å². The molecule has 0 saturated carbocycles. The molecular weight excluding hydrogens is 518 g/mol. The Hall–Kier alpha value is -5.40. The second kappa shape index (κ2) is 8.56. The average Bonchev–Trinajstić information content (AvgIpc) is 3.75. The van der Waals surface area contributed by atoms with Crippen LogP contribution in [0.3, 0.4) is 0 Å². The molecule has 0 aliphatic heterocycles. The molecule has 10 rings (SSSR count). The summed E-state index contributed by atoms with van der Waals surface area (Å²) in [7, 11) is 0. The van der Waals surface area contributed by atoms with E-state index in [1.807, 2.05) is 0 Å². The molecule has 7 aromatic carbocycles. The van der Waals surface area contributed by atoms with Crippen LogP contribution >= 0.6 is 0 Å². The summed E-state index contributed by atoms with van der Waals surface area (Å²) >= 11 is 0. The van der Waals surface area contributed by atoms with Gasteiger partial charge < -0.3 is 4.57 Å². The Kier molecular flexibility index (Phi) is 4.62. The molecule has 0 fully saturated rings. The zero-order valence-electron chi connectivity index (χ0n) is 23.6. The van der Waals surface area contributed by atoms with Gasteiger partial charge in [-0.1, -0.05) is 103 Å². The molecule has 0 amide bonds. The van der Waals surface area contributed by atoms with Crippen molar-refractivity contribution in [1.29, 1.82) is 0 Å². The Morgan fingerprint density at radius 3 is 2.23 bits per heavy atom. The van der Waals surface area contributed by atoms with Gasteiger partial charge in [-0.3, -0.25) is 0 Å². The zero-order chi connectivity index (χ0) is 28.1. The lowest BCUT2D eigenvalue weighted by atomic mass is 9.96. The zero-order valence-corrected chi connectivity index (χ0v) is 23.6.